The summed E-state index contributed by atoms with van der Waals surface area (Å²) < 4.78 is 52.0. The molecule has 0 aliphatic rings. The zero-order valence-corrected chi connectivity index (χ0v) is 12.3. The van der Waals surface area contributed by atoms with Crippen LogP contribution in [0.15, 0.2) is 23.6 Å². The van der Waals surface area contributed by atoms with Gasteiger partial charge in [-0.2, -0.15) is 13.2 Å². The molecule has 0 aliphatic carbocycles. The molecule has 1 aromatic heterocycles. The van der Waals surface area contributed by atoms with Gasteiger partial charge in [-0.15, -0.1) is 11.3 Å². The molecule has 0 fully saturated rings. The van der Waals surface area contributed by atoms with Crippen LogP contribution in [0.3, 0.4) is 0 Å². The van der Waals surface area contributed by atoms with E-state index in [0.717, 1.165) is 23.5 Å². The second kappa shape index (κ2) is 6.11. The predicted octanol–water partition coefficient (Wildman–Crippen LogP) is 4.47. The second-order valence-electron chi connectivity index (χ2n) is 4.87. The monoisotopic (exact) mass is 318 g/mol. The molecule has 0 unspecified atom stereocenters. The largest absolute Gasteiger partial charge is 0.417 e. The summed E-state index contributed by atoms with van der Waals surface area (Å²) in [5.41, 5.74) is -0.425. The van der Waals surface area contributed by atoms with Gasteiger partial charge in [0.2, 0.25) is 0 Å². The molecule has 2 rings (SSSR count). The van der Waals surface area contributed by atoms with E-state index in [2.05, 4.69) is 10.3 Å². The van der Waals surface area contributed by atoms with Crippen LogP contribution in [0, 0.1) is 5.82 Å². The smallest absolute Gasteiger partial charge is 0.309 e. The van der Waals surface area contributed by atoms with Crippen molar-refractivity contribution in [2.45, 2.75) is 32.6 Å². The minimum absolute atomic E-state index is 0.0929. The highest BCUT2D eigenvalue weighted by atomic mass is 32.1. The average molecular weight is 318 g/mol. The molecule has 0 spiro atoms. The Morgan fingerprint density at radius 3 is 2.62 bits per heavy atom. The van der Waals surface area contributed by atoms with Gasteiger partial charge in [0, 0.05) is 23.5 Å². The minimum atomic E-state index is -4.61. The van der Waals surface area contributed by atoms with Gasteiger partial charge in [-0.05, 0) is 18.2 Å². The zero-order valence-electron chi connectivity index (χ0n) is 11.5. The van der Waals surface area contributed by atoms with Gasteiger partial charge in [-0.3, -0.25) is 0 Å². The van der Waals surface area contributed by atoms with Crippen LogP contribution in [-0.4, -0.2) is 11.0 Å². The Bertz CT molecular complexity index is 620. The van der Waals surface area contributed by atoms with Crippen LogP contribution in [-0.2, 0) is 12.7 Å². The van der Waals surface area contributed by atoms with Crippen molar-refractivity contribution in [3.8, 4) is 10.6 Å². The molecule has 0 radical (unpaired) electrons. The maximum Gasteiger partial charge on any atom is 0.417 e. The highest BCUT2D eigenvalue weighted by molar-refractivity contribution is 7.13. The Balaban J connectivity index is 2.34. The minimum Gasteiger partial charge on any atom is -0.309 e. The number of rotatable bonds is 4. The summed E-state index contributed by atoms with van der Waals surface area (Å²) >= 11 is 1.12. The molecule has 7 heteroatoms. The number of hydrogen-bond acceptors (Lipinski definition) is 3. The van der Waals surface area contributed by atoms with Crippen molar-refractivity contribution in [2.24, 2.45) is 0 Å². The Hall–Kier alpha value is -1.47. The number of halogens is 4. The molecule has 0 bridgehead atoms. The van der Waals surface area contributed by atoms with Crippen molar-refractivity contribution >= 4 is 11.3 Å². The third-order valence-electron chi connectivity index (χ3n) is 2.76. The second-order valence-corrected chi connectivity index (χ2v) is 5.73. The van der Waals surface area contributed by atoms with Crippen molar-refractivity contribution in [1.82, 2.24) is 10.3 Å². The number of aromatic nitrogens is 1. The lowest BCUT2D eigenvalue weighted by molar-refractivity contribution is -0.137. The number of thiazole rings is 1. The van der Waals surface area contributed by atoms with Gasteiger partial charge in [0.1, 0.15) is 10.8 Å². The molecule has 2 nitrogen and oxygen atoms in total. The van der Waals surface area contributed by atoms with Gasteiger partial charge in [-0.1, -0.05) is 13.8 Å². The van der Waals surface area contributed by atoms with E-state index in [1.165, 1.54) is 0 Å². The van der Waals surface area contributed by atoms with E-state index in [9.17, 15) is 17.6 Å². The lowest BCUT2D eigenvalue weighted by Crippen LogP contribution is -2.21. The van der Waals surface area contributed by atoms with Crippen LogP contribution in [0.4, 0.5) is 17.6 Å². The molecular weight excluding hydrogens is 304 g/mol. The maximum absolute atomic E-state index is 13.1. The van der Waals surface area contributed by atoms with E-state index in [-0.39, 0.29) is 16.6 Å². The van der Waals surface area contributed by atoms with Gasteiger partial charge in [-0.25, -0.2) is 9.37 Å². The van der Waals surface area contributed by atoms with E-state index in [1.54, 1.807) is 5.38 Å². The van der Waals surface area contributed by atoms with Crippen molar-refractivity contribution in [2.75, 3.05) is 0 Å². The van der Waals surface area contributed by atoms with Gasteiger partial charge in [0.25, 0.3) is 0 Å². The topological polar surface area (TPSA) is 24.9 Å². The molecule has 0 atom stereocenters. The first-order valence-corrected chi connectivity index (χ1v) is 7.20. The fraction of sp³-hybridized carbons (Fsp3) is 0.357. The Labute approximate surface area is 123 Å². The Morgan fingerprint density at radius 1 is 1.29 bits per heavy atom. The molecule has 2 aromatic rings. The predicted molar refractivity (Wildman–Crippen MR) is 74.5 cm³/mol. The summed E-state index contributed by atoms with van der Waals surface area (Å²) in [6.07, 6.45) is -4.61. The first-order valence-electron chi connectivity index (χ1n) is 6.32. The lowest BCUT2D eigenvalue weighted by atomic mass is 10.1. The molecule has 0 aliphatic heterocycles. The third-order valence-corrected chi connectivity index (χ3v) is 3.68. The Morgan fingerprint density at radius 2 is 2.00 bits per heavy atom. The zero-order chi connectivity index (χ0) is 15.6. The first kappa shape index (κ1) is 15.9. The van der Waals surface area contributed by atoms with Crippen LogP contribution >= 0.6 is 11.3 Å². The van der Waals surface area contributed by atoms with Crippen LogP contribution in [0.25, 0.3) is 10.6 Å². The summed E-state index contributed by atoms with van der Waals surface area (Å²) in [6.45, 7) is 4.42. The summed E-state index contributed by atoms with van der Waals surface area (Å²) in [7, 11) is 0. The molecule has 1 aromatic carbocycles. The van der Waals surface area contributed by atoms with E-state index >= 15 is 0 Å². The van der Waals surface area contributed by atoms with E-state index in [1.807, 2.05) is 13.8 Å². The van der Waals surface area contributed by atoms with Crippen LogP contribution in [0.2, 0.25) is 0 Å². The van der Waals surface area contributed by atoms with Gasteiger partial charge in [0.05, 0.1) is 11.3 Å². The van der Waals surface area contributed by atoms with Crippen LogP contribution in [0.1, 0.15) is 25.1 Å². The van der Waals surface area contributed by atoms with E-state index in [0.29, 0.717) is 18.3 Å². The lowest BCUT2D eigenvalue weighted by Gasteiger charge is -2.11. The number of hydrogen-bond donors (Lipinski definition) is 1. The van der Waals surface area contributed by atoms with Gasteiger partial charge < -0.3 is 5.32 Å². The maximum atomic E-state index is 13.1. The number of alkyl halides is 3. The fourth-order valence-corrected chi connectivity index (χ4v) is 2.62. The number of nitrogens with one attached hydrogen (secondary N) is 1. The van der Waals surface area contributed by atoms with Crippen LogP contribution in [0.5, 0.6) is 0 Å². The molecule has 0 saturated carbocycles. The first-order chi connectivity index (χ1) is 9.77. The molecule has 0 saturated heterocycles. The highest BCUT2D eigenvalue weighted by Gasteiger charge is 2.34. The summed E-state index contributed by atoms with van der Waals surface area (Å²) in [6, 6.07) is 2.89. The van der Waals surface area contributed by atoms with E-state index < -0.39 is 17.6 Å². The summed E-state index contributed by atoms with van der Waals surface area (Å²) in [5.74, 6) is -0.913. The van der Waals surface area contributed by atoms with Crippen LogP contribution < -0.4 is 5.32 Å². The average Bonchev–Trinajstić information content (AvgIpc) is 2.84. The number of benzene rings is 1. The summed E-state index contributed by atoms with van der Waals surface area (Å²) in [5, 5.41) is 5.08. The SMILES string of the molecule is CC(C)NCc1csc(-c2ccc(F)cc2C(F)(F)F)n1. The van der Waals surface area contributed by atoms with Crippen molar-refractivity contribution < 1.29 is 17.6 Å². The molecule has 1 N–H and O–H groups in total. The molecular formula is C14H14F4N2S. The molecule has 21 heavy (non-hydrogen) atoms. The fourth-order valence-electron chi connectivity index (χ4n) is 1.76. The molecule has 114 valence electrons. The Kier molecular flexibility index (Phi) is 4.63. The number of nitrogens with zero attached hydrogens (tertiary/aromatic N) is 1. The standard InChI is InChI=1S/C14H14F4N2S/c1-8(2)19-6-10-7-21-13(20-10)11-4-3-9(15)5-12(11)14(16,17)18/h3-5,7-8,19H,6H2,1-2H3. The van der Waals surface area contributed by atoms with Gasteiger partial charge in [0.15, 0.2) is 0 Å². The highest BCUT2D eigenvalue weighted by Crippen LogP contribution is 2.38. The third kappa shape index (κ3) is 4.01. The summed E-state index contributed by atoms with van der Waals surface area (Å²) in [4.78, 5) is 4.19. The van der Waals surface area contributed by atoms with E-state index in [4.69, 9.17) is 0 Å². The normalized spacial score (nSPS) is 12.1. The molecule has 1 heterocycles. The van der Waals surface area contributed by atoms with Gasteiger partial charge >= 0.3 is 6.18 Å². The van der Waals surface area contributed by atoms with Crippen molar-refractivity contribution in [3.63, 3.8) is 0 Å². The molecule has 0 amide bonds. The quantitative estimate of drug-likeness (QED) is 0.842. The van der Waals surface area contributed by atoms with Crippen molar-refractivity contribution in [3.05, 3.63) is 40.7 Å². The van der Waals surface area contributed by atoms with Crippen molar-refractivity contribution in [1.29, 1.82) is 0 Å².